The molecule has 3 heteroatoms. The van der Waals surface area contributed by atoms with Crippen LogP contribution in [0.3, 0.4) is 0 Å². The quantitative estimate of drug-likeness (QED) is 0.755. The third-order valence-corrected chi connectivity index (χ3v) is 3.64. The molecule has 1 rings (SSSR count). The Bertz CT molecular complexity index is 218. The predicted molar refractivity (Wildman–Crippen MR) is 67.1 cm³/mol. The first-order valence-corrected chi connectivity index (χ1v) is 6.71. The van der Waals surface area contributed by atoms with Crippen molar-refractivity contribution in [2.24, 2.45) is 11.7 Å². The van der Waals surface area contributed by atoms with Crippen molar-refractivity contribution >= 4 is 5.91 Å². The number of nitrogens with one attached hydrogen (secondary N) is 1. The highest BCUT2D eigenvalue weighted by atomic mass is 16.2. The lowest BCUT2D eigenvalue weighted by Gasteiger charge is -2.30. The molecule has 1 amide bonds. The van der Waals surface area contributed by atoms with Gasteiger partial charge < -0.3 is 11.1 Å². The number of carbonyl (C=O) groups is 1. The molecule has 0 radical (unpaired) electrons. The van der Waals surface area contributed by atoms with Crippen LogP contribution in [-0.4, -0.2) is 18.0 Å². The van der Waals surface area contributed by atoms with E-state index >= 15 is 0 Å². The van der Waals surface area contributed by atoms with E-state index in [4.69, 9.17) is 5.73 Å². The molecular weight excluding hydrogens is 200 g/mol. The Morgan fingerprint density at radius 2 is 2.12 bits per heavy atom. The van der Waals surface area contributed by atoms with Crippen LogP contribution in [0.15, 0.2) is 0 Å². The maximum absolute atomic E-state index is 11.8. The van der Waals surface area contributed by atoms with E-state index in [9.17, 15) is 4.79 Å². The number of hydrogen-bond acceptors (Lipinski definition) is 2. The minimum atomic E-state index is -0.311. The number of nitrogens with two attached hydrogens (primary N) is 1. The van der Waals surface area contributed by atoms with Crippen molar-refractivity contribution in [3.63, 3.8) is 0 Å². The standard InChI is InChI=1S/C13H26N2O/c1-3-4-8-11(14)13(16)15-12-9-6-5-7-10(12)2/h10-12H,3-9,14H2,1-2H3,(H,15,16)/t10-,11+,12+/m1/s1. The predicted octanol–water partition coefficient (Wildman–Crippen LogP) is 2.20. The summed E-state index contributed by atoms with van der Waals surface area (Å²) in [5.74, 6) is 0.656. The van der Waals surface area contributed by atoms with E-state index in [2.05, 4.69) is 19.2 Å². The second kappa shape index (κ2) is 6.89. The Kier molecular flexibility index (Phi) is 5.81. The smallest absolute Gasteiger partial charge is 0.237 e. The van der Waals surface area contributed by atoms with Gasteiger partial charge in [-0.25, -0.2) is 0 Å². The van der Waals surface area contributed by atoms with Crippen molar-refractivity contribution in [1.29, 1.82) is 0 Å². The average molecular weight is 226 g/mol. The summed E-state index contributed by atoms with van der Waals surface area (Å²) in [5, 5.41) is 3.11. The number of amides is 1. The second-order valence-electron chi connectivity index (χ2n) is 5.13. The van der Waals surface area contributed by atoms with Gasteiger partial charge in [0.1, 0.15) is 0 Å². The highest BCUT2D eigenvalue weighted by molar-refractivity contribution is 5.81. The molecule has 1 fully saturated rings. The van der Waals surface area contributed by atoms with Crippen LogP contribution in [0.2, 0.25) is 0 Å². The molecule has 0 bridgehead atoms. The minimum Gasteiger partial charge on any atom is -0.352 e. The van der Waals surface area contributed by atoms with E-state index < -0.39 is 0 Å². The first kappa shape index (κ1) is 13.5. The zero-order valence-corrected chi connectivity index (χ0v) is 10.7. The van der Waals surface area contributed by atoms with Gasteiger partial charge in [0.25, 0.3) is 0 Å². The molecule has 0 aromatic carbocycles. The van der Waals surface area contributed by atoms with Crippen LogP contribution in [0.5, 0.6) is 0 Å². The van der Waals surface area contributed by atoms with Crippen LogP contribution in [0.25, 0.3) is 0 Å². The fourth-order valence-electron chi connectivity index (χ4n) is 2.38. The molecule has 1 aliphatic rings. The molecule has 3 nitrogen and oxygen atoms in total. The molecule has 0 aromatic heterocycles. The van der Waals surface area contributed by atoms with E-state index in [-0.39, 0.29) is 11.9 Å². The summed E-state index contributed by atoms with van der Waals surface area (Å²) >= 11 is 0. The molecule has 1 aliphatic carbocycles. The zero-order valence-electron chi connectivity index (χ0n) is 10.7. The molecule has 1 saturated carbocycles. The van der Waals surface area contributed by atoms with Crippen LogP contribution in [-0.2, 0) is 4.79 Å². The summed E-state index contributed by atoms with van der Waals surface area (Å²) in [4.78, 5) is 11.8. The molecule has 0 aromatic rings. The molecule has 16 heavy (non-hydrogen) atoms. The number of hydrogen-bond donors (Lipinski definition) is 2. The van der Waals surface area contributed by atoms with Crippen molar-refractivity contribution < 1.29 is 4.79 Å². The van der Waals surface area contributed by atoms with Gasteiger partial charge in [0, 0.05) is 6.04 Å². The highest BCUT2D eigenvalue weighted by Crippen LogP contribution is 2.23. The lowest BCUT2D eigenvalue weighted by atomic mass is 9.86. The third kappa shape index (κ3) is 4.12. The van der Waals surface area contributed by atoms with Gasteiger partial charge in [0.2, 0.25) is 5.91 Å². The lowest BCUT2D eigenvalue weighted by molar-refractivity contribution is -0.123. The van der Waals surface area contributed by atoms with Crippen molar-refractivity contribution in [3.8, 4) is 0 Å². The van der Waals surface area contributed by atoms with Gasteiger partial charge in [0.15, 0.2) is 0 Å². The fourth-order valence-corrected chi connectivity index (χ4v) is 2.38. The normalized spacial score (nSPS) is 27.4. The zero-order chi connectivity index (χ0) is 12.0. The molecule has 0 aliphatic heterocycles. The maximum atomic E-state index is 11.8. The van der Waals surface area contributed by atoms with Gasteiger partial charge >= 0.3 is 0 Å². The van der Waals surface area contributed by atoms with E-state index in [1.54, 1.807) is 0 Å². The van der Waals surface area contributed by atoms with Gasteiger partial charge in [0.05, 0.1) is 6.04 Å². The Balaban J connectivity index is 2.31. The van der Waals surface area contributed by atoms with E-state index in [1.807, 2.05) is 0 Å². The summed E-state index contributed by atoms with van der Waals surface area (Å²) in [6, 6.07) is 0.0444. The summed E-state index contributed by atoms with van der Waals surface area (Å²) in [6.45, 7) is 4.34. The van der Waals surface area contributed by atoms with Gasteiger partial charge in [-0.1, -0.05) is 39.5 Å². The molecule has 0 saturated heterocycles. The first-order chi connectivity index (χ1) is 7.65. The first-order valence-electron chi connectivity index (χ1n) is 6.71. The minimum absolute atomic E-state index is 0.0483. The van der Waals surface area contributed by atoms with Crippen LogP contribution >= 0.6 is 0 Å². The van der Waals surface area contributed by atoms with Crippen molar-refractivity contribution in [2.75, 3.05) is 0 Å². The number of carbonyl (C=O) groups excluding carboxylic acids is 1. The summed E-state index contributed by atoms with van der Waals surface area (Å²) in [6.07, 6.45) is 7.83. The maximum Gasteiger partial charge on any atom is 0.237 e. The number of rotatable bonds is 5. The molecule has 94 valence electrons. The average Bonchev–Trinajstić information content (AvgIpc) is 2.28. The molecule has 0 spiro atoms. The van der Waals surface area contributed by atoms with Gasteiger partial charge in [-0.3, -0.25) is 4.79 Å². The largest absolute Gasteiger partial charge is 0.352 e. The van der Waals surface area contributed by atoms with E-state index in [0.717, 1.165) is 25.7 Å². The van der Waals surface area contributed by atoms with E-state index in [1.165, 1.54) is 19.3 Å². The Morgan fingerprint density at radius 1 is 1.44 bits per heavy atom. The lowest BCUT2D eigenvalue weighted by Crippen LogP contribution is -2.48. The van der Waals surface area contributed by atoms with Crippen molar-refractivity contribution in [1.82, 2.24) is 5.32 Å². The van der Waals surface area contributed by atoms with Gasteiger partial charge in [-0.05, 0) is 25.2 Å². The molecule has 3 N–H and O–H groups in total. The highest BCUT2D eigenvalue weighted by Gasteiger charge is 2.24. The van der Waals surface area contributed by atoms with Crippen molar-refractivity contribution in [3.05, 3.63) is 0 Å². The summed E-state index contributed by atoms with van der Waals surface area (Å²) in [7, 11) is 0. The number of unbranched alkanes of at least 4 members (excludes halogenated alkanes) is 1. The topological polar surface area (TPSA) is 55.1 Å². The fraction of sp³-hybridized carbons (Fsp3) is 0.923. The van der Waals surface area contributed by atoms with Gasteiger partial charge in [-0.15, -0.1) is 0 Å². The van der Waals surface area contributed by atoms with Crippen LogP contribution < -0.4 is 11.1 Å². The SMILES string of the molecule is CCCC[C@H](N)C(=O)N[C@H]1CCCC[C@H]1C. The Morgan fingerprint density at radius 3 is 2.75 bits per heavy atom. The summed E-state index contributed by atoms with van der Waals surface area (Å²) in [5.41, 5.74) is 5.85. The molecule has 0 heterocycles. The Labute approximate surface area is 99.2 Å². The molecule has 3 atom stereocenters. The monoisotopic (exact) mass is 226 g/mol. The summed E-state index contributed by atoms with van der Waals surface area (Å²) < 4.78 is 0. The van der Waals surface area contributed by atoms with Gasteiger partial charge in [-0.2, -0.15) is 0 Å². The van der Waals surface area contributed by atoms with Crippen molar-refractivity contribution in [2.45, 2.75) is 70.9 Å². The van der Waals surface area contributed by atoms with Crippen LogP contribution in [0.4, 0.5) is 0 Å². The third-order valence-electron chi connectivity index (χ3n) is 3.64. The van der Waals surface area contributed by atoms with E-state index in [0.29, 0.717) is 12.0 Å². The Hall–Kier alpha value is -0.570. The molecular formula is C13H26N2O. The van der Waals surface area contributed by atoms with Crippen LogP contribution in [0, 0.1) is 5.92 Å². The van der Waals surface area contributed by atoms with Crippen LogP contribution in [0.1, 0.15) is 58.8 Å². The second-order valence-corrected chi connectivity index (χ2v) is 5.13. The molecule has 0 unspecified atom stereocenters.